The molecule has 1 amide bonds. The molecule has 2 saturated carbocycles. The van der Waals surface area contributed by atoms with E-state index in [1.54, 1.807) is 4.90 Å². The summed E-state index contributed by atoms with van der Waals surface area (Å²) in [5, 5.41) is 10.0. The second-order valence-corrected chi connectivity index (χ2v) is 6.84. The third kappa shape index (κ3) is 2.78. The standard InChI is InChI=1S/C17H29NO2/c1-13(7-10-16(20)18(2)3)15-9-8-14-6-4-5-11-17(14,15)12-19/h14,19H,4-12H2,1-3H3/b15-13+/t14-,17+/m0/s1. The lowest BCUT2D eigenvalue weighted by molar-refractivity contribution is -0.128. The van der Waals surface area contributed by atoms with Crippen LogP contribution in [0.25, 0.3) is 0 Å². The smallest absolute Gasteiger partial charge is 0.222 e. The van der Waals surface area contributed by atoms with E-state index in [-0.39, 0.29) is 11.3 Å². The van der Waals surface area contributed by atoms with Crippen LogP contribution in [0, 0.1) is 11.3 Å². The van der Waals surface area contributed by atoms with Crippen LogP contribution in [-0.2, 0) is 4.79 Å². The van der Waals surface area contributed by atoms with Gasteiger partial charge in [0.1, 0.15) is 0 Å². The van der Waals surface area contributed by atoms with E-state index in [0.717, 1.165) is 19.3 Å². The van der Waals surface area contributed by atoms with Gasteiger partial charge >= 0.3 is 0 Å². The van der Waals surface area contributed by atoms with E-state index in [0.29, 0.717) is 18.9 Å². The van der Waals surface area contributed by atoms with Crippen molar-refractivity contribution in [3.05, 3.63) is 11.1 Å². The number of hydrogen-bond acceptors (Lipinski definition) is 2. The Morgan fingerprint density at radius 2 is 2.05 bits per heavy atom. The average Bonchev–Trinajstić information content (AvgIpc) is 2.84. The fraction of sp³-hybridized carbons (Fsp3) is 0.824. The van der Waals surface area contributed by atoms with E-state index < -0.39 is 0 Å². The molecule has 114 valence electrons. The summed E-state index contributed by atoms with van der Waals surface area (Å²) in [5.41, 5.74) is 2.90. The van der Waals surface area contributed by atoms with Gasteiger partial charge in [0.25, 0.3) is 0 Å². The fourth-order valence-corrected chi connectivity index (χ4v) is 4.31. The molecule has 0 aliphatic heterocycles. The van der Waals surface area contributed by atoms with Crippen molar-refractivity contribution in [3.8, 4) is 0 Å². The first kappa shape index (κ1) is 15.6. The van der Waals surface area contributed by atoms with Gasteiger partial charge in [0.2, 0.25) is 5.91 Å². The van der Waals surface area contributed by atoms with Gasteiger partial charge in [-0.25, -0.2) is 0 Å². The molecule has 0 radical (unpaired) electrons. The molecule has 0 aromatic carbocycles. The van der Waals surface area contributed by atoms with E-state index in [1.165, 1.54) is 36.8 Å². The number of allylic oxidation sites excluding steroid dienone is 1. The van der Waals surface area contributed by atoms with Crippen LogP contribution < -0.4 is 0 Å². The Balaban J connectivity index is 2.13. The number of amides is 1. The van der Waals surface area contributed by atoms with Gasteiger partial charge in [-0.3, -0.25) is 4.79 Å². The maximum absolute atomic E-state index is 11.7. The highest BCUT2D eigenvalue weighted by atomic mass is 16.3. The molecule has 3 nitrogen and oxygen atoms in total. The number of carbonyl (C=O) groups excluding carboxylic acids is 1. The predicted octanol–water partition coefficient (Wildman–Crippen LogP) is 3.13. The van der Waals surface area contributed by atoms with Gasteiger partial charge in [0, 0.05) is 25.9 Å². The van der Waals surface area contributed by atoms with Gasteiger partial charge in [-0.15, -0.1) is 0 Å². The molecule has 2 aliphatic carbocycles. The van der Waals surface area contributed by atoms with Crippen LogP contribution in [0.3, 0.4) is 0 Å². The first-order valence-corrected chi connectivity index (χ1v) is 8.01. The van der Waals surface area contributed by atoms with Gasteiger partial charge in [0.05, 0.1) is 6.61 Å². The summed E-state index contributed by atoms with van der Waals surface area (Å²) in [6.07, 6.45) is 8.77. The monoisotopic (exact) mass is 279 g/mol. The zero-order valence-corrected chi connectivity index (χ0v) is 13.2. The first-order valence-electron chi connectivity index (χ1n) is 8.01. The number of hydrogen-bond donors (Lipinski definition) is 1. The van der Waals surface area contributed by atoms with Gasteiger partial charge in [-0.2, -0.15) is 0 Å². The second kappa shape index (κ2) is 6.30. The van der Waals surface area contributed by atoms with Crippen molar-refractivity contribution in [2.45, 2.75) is 58.3 Å². The quantitative estimate of drug-likeness (QED) is 0.803. The summed E-state index contributed by atoms with van der Waals surface area (Å²) < 4.78 is 0. The van der Waals surface area contributed by atoms with Crippen LogP contribution in [-0.4, -0.2) is 36.6 Å². The molecule has 0 aromatic rings. The van der Waals surface area contributed by atoms with Crippen molar-refractivity contribution in [3.63, 3.8) is 0 Å². The van der Waals surface area contributed by atoms with E-state index in [4.69, 9.17) is 0 Å². The van der Waals surface area contributed by atoms with Crippen LogP contribution in [0.1, 0.15) is 58.3 Å². The second-order valence-electron chi connectivity index (χ2n) is 6.84. The van der Waals surface area contributed by atoms with Crippen LogP contribution in [0.5, 0.6) is 0 Å². The maximum atomic E-state index is 11.7. The highest BCUT2D eigenvalue weighted by Gasteiger charge is 2.47. The largest absolute Gasteiger partial charge is 0.395 e. The number of aliphatic hydroxyl groups is 1. The van der Waals surface area contributed by atoms with Crippen molar-refractivity contribution in [1.82, 2.24) is 4.90 Å². The minimum Gasteiger partial charge on any atom is -0.395 e. The minimum absolute atomic E-state index is 0.0590. The van der Waals surface area contributed by atoms with Gasteiger partial charge in [0.15, 0.2) is 0 Å². The number of rotatable bonds is 4. The lowest BCUT2D eigenvalue weighted by atomic mass is 9.66. The van der Waals surface area contributed by atoms with Crippen LogP contribution >= 0.6 is 0 Å². The molecular formula is C17H29NO2. The number of carbonyl (C=O) groups is 1. The van der Waals surface area contributed by atoms with Crippen LogP contribution in [0.15, 0.2) is 11.1 Å². The summed E-state index contributed by atoms with van der Waals surface area (Å²) in [6, 6.07) is 0. The van der Waals surface area contributed by atoms with E-state index >= 15 is 0 Å². The summed E-state index contributed by atoms with van der Waals surface area (Å²) in [6.45, 7) is 2.47. The normalized spacial score (nSPS) is 31.9. The van der Waals surface area contributed by atoms with Crippen LogP contribution in [0.2, 0.25) is 0 Å². The zero-order valence-electron chi connectivity index (χ0n) is 13.2. The Kier molecular flexibility index (Phi) is 4.90. The highest BCUT2D eigenvalue weighted by Crippen LogP contribution is 2.56. The summed E-state index contributed by atoms with van der Waals surface area (Å²) in [5.74, 6) is 0.872. The van der Waals surface area contributed by atoms with Crippen molar-refractivity contribution in [1.29, 1.82) is 0 Å². The zero-order chi connectivity index (χ0) is 14.8. The molecule has 0 unspecified atom stereocenters. The average molecular weight is 279 g/mol. The molecule has 0 bridgehead atoms. The van der Waals surface area contributed by atoms with Crippen LogP contribution in [0.4, 0.5) is 0 Å². The molecule has 2 atom stereocenters. The maximum Gasteiger partial charge on any atom is 0.222 e. The predicted molar refractivity (Wildman–Crippen MR) is 81.3 cm³/mol. The number of aliphatic hydroxyl groups excluding tert-OH is 1. The Hall–Kier alpha value is -0.830. The summed E-state index contributed by atoms with van der Waals surface area (Å²) in [7, 11) is 3.62. The lowest BCUT2D eigenvalue weighted by Gasteiger charge is -2.40. The Morgan fingerprint density at radius 1 is 1.30 bits per heavy atom. The molecule has 1 N–H and O–H groups in total. The van der Waals surface area contributed by atoms with Gasteiger partial charge in [-0.1, -0.05) is 24.0 Å². The van der Waals surface area contributed by atoms with Crippen molar-refractivity contribution < 1.29 is 9.90 Å². The fourth-order valence-electron chi connectivity index (χ4n) is 4.31. The highest BCUT2D eigenvalue weighted by molar-refractivity contribution is 5.75. The molecule has 2 rings (SSSR count). The van der Waals surface area contributed by atoms with Gasteiger partial charge in [-0.05, 0) is 44.9 Å². The lowest BCUT2D eigenvalue weighted by Crippen LogP contribution is -2.34. The Bertz CT molecular complexity index is 400. The van der Waals surface area contributed by atoms with E-state index in [9.17, 15) is 9.90 Å². The molecule has 20 heavy (non-hydrogen) atoms. The topological polar surface area (TPSA) is 40.5 Å². The Labute approximate surface area is 123 Å². The van der Waals surface area contributed by atoms with Crippen molar-refractivity contribution in [2.75, 3.05) is 20.7 Å². The summed E-state index contributed by atoms with van der Waals surface area (Å²) in [4.78, 5) is 13.4. The third-order valence-electron chi connectivity index (χ3n) is 5.56. The molecule has 3 heteroatoms. The molecule has 0 heterocycles. The van der Waals surface area contributed by atoms with E-state index in [2.05, 4.69) is 6.92 Å². The summed E-state index contributed by atoms with van der Waals surface area (Å²) >= 11 is 0. The molecule has 0 aromatic heterocycles. The molecule has 0 spiro atoms. The molecule has 0 saturated heterocycles. The first-order chi connectivity index (χ1) is 9.51. The van der Waals surface area contributed by atoms with Crippen molar-refractivity contribution in [2.24, 2.45) is 11.3 Å². The Morgan fingerprint density at radius 3 is 2.70 bits per heavy atom. The molecule has 2 aliphatic rings. The third-order valence-corrected chi connectivity index (χ3v) is 5.56. The van der Waals surface area contributed by atoms with E-state index in [1.807, 2.05) is 14.1 Å². The van der Waals surface area contributed by atoms with Crippen molar-refractivity contribution >= 4 is 5.91 Å². The SMILES string of the molecule is C/C(CCC(=O)N(C)C)=C1/CC[C@@H]2CCCC[C@]12CO. The molecule has 2 fully saturated rings. The minimum atomic E-state index is 0.0590. The number of fused-ring (bicyclic) bond motifs is 1. The number of nitrogens with zero attached hydrogens (tertiary/aromatic N) is 1. The van der Waals surface area contributed by atoms with Gasteiger partial charge < -0.3 is 10.0 Å². The molecular weight excluding hydrogens is 250 g/mol.